The summed E-state index contributed by atoms with van der Waals surface area (Å²) in [6.45, 7) is 0. The van der Waals surface area contributed by atoms with E-state index in [4.69, 9.17) is 4.98 Å². The third-order valence-electron chi connectivity index (χ3n) is 4.66. The van der Waals surface area contributed by atoms with Crippen molar-refractivity contribution in [3.05, 3.63) is 67.3 Å². The third-order valence-corrected chi connectivity index (χ3v) is 4.66. The van der Waals surface area contributed by atoms with Crippen LogP contribution in [-0.2, 0) is 0 Å². The number of imidazole rings is 3. The van der Waals surface area contributed by atoms with E-state index in [1.807, 2.05) is 65.3 Å². The number of aromatic nitrogens is 7. The van der Waals surface area contributed by atoms with Gasteiger partial charge in [-0.3, -0.25) is 0 Å². The van der Waals surface area contributed by atoms with Gasteiger partial charge in [0.1, 0.15) is 22.7 Å². The van der Waals surface area contributed by atoms with Crippen LogP contribution in [-0.4, -0.2) is 34.3 Å². The number of H-pyrrole nitrogens is 2. The maximum Gasteiger partial charge on any atom is 0.157 e. The van der Waals surface area contributed by atoms with Gasteiger partial charge in [0.05, 0.1) is 23.1 Å². The first-order valence-corrected chi connectivity index (χ1v) is 8.58. The summed E-state index contributed by atoms with van der Waals surface area (Å²) in [6.07, 6.45) is 5.61. The third kappa shape index (κ3) is 2.22. The number of rotatable bonds is 2. The lowest BCUT2D eigenvalue weighted by Crippen LogP contribution is -1.85. The lowest BCUT2D eigenvalue weighted by atomic mass is 10.2. The summed E-state index contributed by atoms with van der Waals surface area (Å²) < 4.78 is 1.99. The number of nitrogens with one attached hydrogen (secondary N) is 2. The molecular weight excluding hydrogens is 338 g/mol. The number of nitrogens with zero attached hydrogens (tertiary/aromatic N) is 5. The Bertz CT molecular complexity index is 1400. The number of para-hydroxylation sites is 2. The van der Waals surface area contributed by atoms with E-state index >= 15 is 0 Å². The van der Waals surface area contributed by atoms with Gasteiger partial charge in [0.2, 0.25) is 0 Å². The molecule has 1 aromatic carbocycles. The van der Waals surface area contributed by atoms with Crippen molar-refractivity contribution < 1.29 is 0 Å². The molecule has 5 aromatic heterocycles. The van der Waals surface area contributed by atoms with E-state index in [2.05, 4.69) is 24.9 Å². The van der Waals surface area contributed by atoms with Crippen LogP contribution in [0, 0.1) is 0 Å². The van der Waals surface area contributed by atoms with Gasteiger partial charge < -0.3 is 14.4 Å². The fraction of sp³-hybridized carbons (Fsp3) is 0. The first-order chi connectivity index (χ1) is 13.3. The maximum atomic E-state index is 4.74. The second-order valence-electron chi connectivity index (χ2n) is 6.38. The average Bonchev–Trinajstić information content (AvgIpc) is 3.42. The largest absolute Gasteiger partial charge is 0.338 e. The second kappa shape index (κ2) is 5.25. The van der Waals surface area contributed by atoms with Crippen LogP contribution in [0.2, 0.25) is 0 Å². The number of hydrogen-bond donors (Lipinski definition) is 2. The zero-order valence-electron chi connectivity index (χ0n) is 14.1. The molecule has 0 aliphatic rings. The first-order valence-electron chi connectivity index (χ1n) is 8.58. The highest BCUT2D eigenvalue weighted by Gasteiger charge is 2.10. The van der Waals surface area contributed by atoms with E-state index in [1.165, 1.54) is 0 Å². The summed E-state index contributed by atoms with van der Waals surface area (Å²) in [7, 11) is 0. The van der Waals surface area contributed by atoms with Gasteiger partial charge >= 0.3 is 0 Å². The molecule has 0 aliphatic heterocycles. The average molecular weight is 351 g/mol. The number of benzene rings is 1. The van der Waals surface area contributed by atoms with Crippen LogP contribution in [0.4, 0.5) is 0 Å². The minimum atomic E-state index is 0.757. The van der Waals surface area contributed by atoms with Gasteiger partial charge in [-0.15, -0.1) is 0 Å². The highest BCUT2D eigenvalue weighted by atomic mass is 15.0. The van der Waals surface area contributed by atoms with Crippen molar-refractivity contribution in [1.82, 2.24) is 34.3 Å². The second-order valence-corrected chi connectivity index (χ2v) is 6.38. The Balaban J connectivity index is 1.46. The fourth-order valence-electron chi connectivity index (χ4n) is 3.31. The summed E-state index contributed by atoms with van der Waals surface area (Å²) in [5.74, 6) is 0.834. The number of aromatic amines is 2. The Hall–Kier alpha value is -4.00. The molecule has 0 unspecified atom stereocenters. The molecule has 6 aromatic rings. The molecule has 0 spiro atoms. The predicted octanol–water partition coefficient (Wildman–Crippen LogP) is 3.82. The normalized spacial score (nSPS) is 11.7. The predicted molar refractivity (Wildman–Crippen MR) is 103 cm³/mol. The van der Waals surface area contributed by atoms with Crippen LogP contribution >= 0.6 is 0 Å². The molecule has 0 aliphatic carbocycles. The highest BCUT2D eigenvalue weighted by molar-refractivity contribution is 5.80. The van der Waals surface area contributed by atoms with Gasteiger partial charge in [-0.2, -0.15) is 0 Å². The summed E-state index contributed by atoms with van der Waals surface area (Å²) in [6, 6.07) is 15.9. The van der Waals surface area contributed by atoms with Crippen molar-refractivity contribution in [2.45, 2.75) is 0 Å². The Kier molecular flexibility index (Phi) is 2.76. The molecule has 6 rings (SSSR count). The lowest BCUT2D eigenvalue weighted by molar-refractivity contribution is 1.18. The van der Waals surface area contributed by atoms with Crippen LogP contribution in [0.1, 0.15) is 0 Å². The van der Waals surface area contributed by atoms with Crippen molar-refractivity contribution in [3.63, 3.8) is 0 Å². The number of pyridine rings is 2. The molecule has 0 amide bonds. The zero-order chi connectivity index (χ0) is 17.8. The van der Waals surface area contributed by atoms with Gasteiger partial charge in [-0.25, -0.2) is 19.9 Å². The summed E-state index contributed by atoms with van der Waals surface area (Å²) in [5.41, 5.74) is 7.03. The minimum Gasteiger partial charge on any atom is -0.338 e. The molecule has 0 radical (unpaired) electrons. The number of fused-ring (bicyclic) bond motifs is 3. The van der Waals surface area contributed by atoms with Crippen LogP contribution in [0.5, 0.6) is 0 Å². The van der Waals surface area contributed by atoms with Gasteiger partial charge in [0.25, 0.3) is 0 Å². The molecule has 5 heterocycles. The van der Waals surface area contributed by atoms with Crippen molar-refractivity contribution in [1.29, 1.82) is 0 Å². The van der Waals surface area contributed by atoms with Crippen molar-refractivity contribution in [3.8, 4) is 22.8 Å². The van der Waals surface area contributed by atoms with E-state index in [1.54, 1.807) is 6.33 Å². The van der Waals surface area contributed by atoms with Crippen LogP contribution in [0.3, 0.4) is 0 Å². The Morgan fingerprint density at radius 2 is 1.81 bits per heavy atom. The number of hydrogen-bond acceptors (Lipinski definition) is 4. The molecule has 27 heavy (non-hydrogen) atoms. The molecular formula is C20H13N7. The van der Waals surface area contributed by atoms with E-state index in [-0.39, 0.29) is 0 Å². The van der Waals surface area contributed by atoms with Crippen molar-refractivity contribution in [2.24, 2.45) is 0 Å². The molecule has 7 nitrogen and oxygen atoms in total. The van der Waals surface area contributed by atoms with Gasteiger partial charge in [0.15, 0.2) is 5.65 Å². The molecule has 0 bridgehead atoms. The molecule has 0 atom stereocenters. The molecule has 0 saturated carbocycles. The summed E-state index contributed by atoms with van der Waals surface area (Å²) >= 11 is 0. The molecule has 2 N–H and O–H groups in total. The van der Waals surface area contributed by atoms with Crippen molar-refractivity contribution >= 4 is 27.8 Å². The van der Waals surface area contributed by atoms with Crippen LogP contribution in [0.15, 0.2) is 67.3 Å². The SMILES string of the molecule is c1ccc2[nH]c(-c3ccn4cc(-c5ccc6nc[nH]c6n5)nc4c3)nc2c1. The maximum absolute atomic E-state index is 4.74. The van der Waals surface area contributed by atoms with Gasteiger partial charge in [0, 0.05) is 18.0 Å². The lowest BCUT2D eigenvalue weighted by Gasteiger charge is -1.97. The molecule has 7 heteroatoms. The van der Waals surface area contributed by atoms with E-state index in [0.29, 0.717) is 0 Å². The Labute approximate surface area is 152 Å². The standard InChI is InChI=1S/C20H13N7/c1-2-4-14-13(3-1)24-19(25-14)12-7-8-27-10-17(23-18(27)9-12)15-5-6-16-20(26-15)22-11-21-16/h1-11H,(H,24,25)(H,21,22,26). The smallest absolute Gasteiger partial charge is 0.157 e. The molecule has 0 saturated heterocycles. The van der Waals surface area contributed by atoms with E-state index in [9.17, 15) is 0 Å². The van der Waals surface area contributed by atoms with E-state index < -0.39 is 0 Å². The molecule has 0 fully saturated rings. The Morgan fingerprint density at radius 3 is 2.78 bits per heavy atom. The van der Waals surface area contributed by atoms with Gasteiger partial charge in [-0.1, -0.05) is 12.1 Å². The highest BCUT2D eigenvalue weighted by Crippen LogP contribution is 2.24. The molecule has 128 valence electrons. The quantitative estimate of drug-likeness (QED) is 0.496. The first kappa shape index (κ1) is 14.2. The fourth-order valence-corrected chi connectivity index (χ4v) is 3.31. The summed E-state index contributed by atoms with van der Waals surface area (Å²) in [5, 5.41) is 0. The topological polar surface area (TPSA) is 87.5 Å². The van der Waals surface area contributed by atoms with Gasteiger partial charge in [-0.05, 0) is 36.4 Å². The van der Waals surface area contributed by atoms with Crippen molar-refractivity contribution in [2.75, 3.05) is 0 Å². The van der Waals surface area contributed by atoms with E-state index in [0.717, 1.165) is 50.6 Å². The van der Waals surface area contributed by atoms with Crippen LogP contribution in [0.25, 0.3) is 50.6 Å². The minimum absolute atomic E-state index is 0.757. The van der Waals surface area contributed by atoms with Crippen LogP contribution < -0.4 is 0 Å². The zero-order valence-corrected chi connectivity index (χ0v) is 14.1. The Morgan fingerprint density at radius 1 is 0.852 bits per heavy atom. The summed E-state index contributed by atoms with van der Waals surface area (Å²) in [4.78, 5) is 24.6. The monoisotopic (exact) mass is 351 g/mol.